The molecule has 0 aliphatic heterocycles. The molecule has 0 saturated carbocycles. The molecular weight excluding hydrogens is 164 g/mol. The minimum atomic E-state index is 0.317. The lowest BCUT2D eigenvalue weighted by Gasteiger charge is -2.11. The van der Waals surface area contributed by atoms with E-state index in [4.69, 9.17) is 9.84 Å². The normalized spacial score (nSPS) is 13.6. The van der Waals surface area contributed by atoms with Gasteiger partial charge in [-0.25, -0.2) is 0 Å². The van der Waals surface area contributed by atoms with Gasteiger partial charge in [0.1, 0.15) is 0 Å². The number of hydrogen-bond donors (Lipinski definition) is 1. The zero-order chi connectivity index (χ0) is 10.1. The van der Waals surface area contributed by atoms with E-state index in [-0.39, 0.29) is 0 Å². The summed E-state index contributed by atoms with van der Waals surface area (Å²) >= 11 is 0. The van der Waals surface area contributed by atoms with Crippen LogP contribution in [0.25, 0.3) is 0 Å². The van der Waals surface area contributed by atoms with Crippen molar-refractivity contribution in [1.82, 2.24) is 0 Å². The molecule has 13 heavy (non-hydrogen) atoms. The topological polar surface area (TPSA) is 29.5 Å². The van der Waals surface area contributed by atoms with E-state index in [1.54, 1.807) is 0 Å². The van der Waals surface area contributed by atoms with Gasteiger partial charge in [0.05, 0.1) is 0 Å². The molecule has 0 aliphatic carbocycles. The van der Waals surface area contributed by atoms with E-state index in [0.29, 0.717) is 18.4 Å². The molecule has 0 spiro atoms. The first kappa shape index (κ1) is 12.9. The van der Waals surface area contributed by atoms with Crippen LogP contribution < -0.4 is 0 Å². The molecule has 0 radical (unpaired) electrons. The number of hydrogen-bond acceptors (Lipinski definition) is 2. The van der Waals surface area contributed by atoms with Gasteiger partial charge in [-0.15, -0.1) is 0 Å². The standard InChI is InChI=1S/C11H24O2/c1-10(2)9-13-8-6-11(3)5-4-7-12/h10-12H,4-9H2,1-3H3/t11-/m0/s1. The van der Waals surface area contributed by atoms with Crippen molar-refractivity contribution in [2.75, 3.05) is 19.8 Å². The van der Waals surface area contributed by atoms with Gasteiger partial charge in [0.2, 0.25) is 0 Å². The third-order valence-electron chi connectivity index (χ3n) is 2.06. The monoisotopic (exact) mass is 188 g/mol. The number of rotatable bonds is 8. The number of aliphatic hydroxyl groups is 1. The fourth-order valence-corrected chi connectivity index (χ4v) is 1.19. The average molecular weight is 188 g/mol. The average Bonchev–Trinajstić information content (AvgIpc) is 2.08. The Morgan fingerprint density at radius 3 is 2.38 bits per heavy atom. The second-order valence-electron chi connectivity index (χ2n) is 4.23. The van der Waals surface area contributed by atoms with Gasteiger partial charge in [0, 0.05) is 19.8 Å². The summed E-state index contributed by atoms with van der Waals surface area (Å²) in [6.07, 6.45) is 3.15. The molecule has 1 N–H and O–H groups in total. The van der Waals surface area contributed by atoms with Crippen LogP contribution >= 0.6 is 0 Å². The van der Waals surface area contributed by atoms with Gasteiger partial charge >= 0.3 is 0 Å². The van der Waals surface area contributed by atoms with Crippen LogP contribution in [0.3, 0.4) is 0 Å². The lowest BCUT2D eigenvalue weighted by molar-refractivity contribution is 0.0977. The van der Waals surface area contributed by atoms with Crippen molar-refractivity contribution in [3.63, 3.8) is 0 Å². The Bertz CT molecular complexity index is 102. The molecule has 1 atom stereocenters. The summed E-state index contributed by atoms with van der Waals surface area (Å²) in [5, 5.41) is 8.63. The lowest BCUT2D eigenvalue weighted by atomic mass is 10.0. The van der Waals surface area contributed by atoms with Crippen molar-refractivity contribution in [2.45, 2.75) is 40.0 Å². The van der Waals surface area contributed by atoms with Crippen molar-refractivity contribution in [3.05, 3.63) is 0 Å². The fraction of sp³-hybridized carbons (Fsp3) is 1.00. The first-order valence-electron chi connectivity index (χ1n) is 5.35. The molecule has 0 aromatic rings. The van der Waals surface area contributed by atoms with E-state index in [9.17, 15) is 0 Å². The summed E-state index contributed by atoms with van der Waals surface area (Å²) in [7, 11) is 0. The molecule has 0 rings (SSSR count). The SMILES string of the molecule is CC(C)COCC[C@@H](C)CCCO. The highest BCUT2D eigenvalue weighted by atomic mass is 16.5. The molecular formula is C11H24O2. The summed E-state index contributed by atoms with van der Waals surface area (Å²) in [5.74, 6) is 1.31. The molecule has 0 fully saturated rings. The lowest BCUT2D eigenvalue weighted by Crippen LogP contribution is -2.06. The van der Waals surface area contributed by atoms with Crippen LogP contribution in [0.1, 0.15) is 40.0 Å². The number of aliphatic hydroxyl groups excluding tert-OH is 1. The van der Waals surface area contributed by atoms with Crippen molar-refractivity contribution >= 4 is 0 Å². The molecule has 0 bridgehead atoms. The maximum absolute atomic E-state index is 8.63. The van der Waals surface area contributed by atoms with E-state index in [2.05, 4.69) is 20.8 Å². The first-order valence-corrected chi connectivity index (χ1v) is 5.35. The maximum Gasteiger partial charge on any atom is 0.0488 e. The molecule has 80 valence electrons. The van der Waals surface area contributed by atoms with Crippen LogP contribution in [-0.2, 0) is 4.74 Å². The van der Waals surface area contributed by atoms with E-state index in [0.717, 1.165) is 32.5 Å². The smallest absolute Gasteiger partial charge is 0.0488 e. The number of ether oxygens (including phenoxy) is 1. The van der Waals surface area contributed by atoms with Crippen LogP contribution in [0, 0.1) is 11.8 Å². The highest BCUT2D eigenvalue weighted by molar-refractivity contribution is 4.52. The Kier molecular flexibility index (Phi) is 8.46. The highest BCUT2D eigenvalue weighted by Gasteiger charge is 2.01. The van der Waals surface area contributed by atoms with Crippen LogP contribution in [0.15, 0.2) is 0 Å². The van der Waals surface area contributed by atoms with Crippen LogP contribution in [-0.4, -0.2) is 24.9 Å². The molecule has 2 nitrogen and oxygen atoms in total. The van der Waals surface area contributed by atoms with Gasteiger partial charge in [-0.2, -0.15) is 0 Å². The third-order valence-corrected chi connectivity index (χ3v) is 2.06. The van der Waals surface area contributed by atoms with Gasteiger partial charge in [-0.3, -0.25) is 0 Å². The van der Waals surface area contributed by atoms with Crippen molar-refractivity contribution in [2.24, 2.45) is 11.8 Å². The first-order chi connectivity index (χ1) is 6.16. The molecule has 0 aromatic carbocycles. The molecule has 2 heteroatoms. The van der Waals surface area contributed by atoms with Gasteiger partial charge < -0.3 is 9.84 Å². The zero-order valence-corrected chi connectivity index (χ0v) is 9.25. The highest BCUT2D eigenvalue weighted by Crippen LogP contribution is 2.09. The van der Waals surface area contributed by atoms with Crippen LogP contribution in [0.2, 0.25) is 0 Å². The minimum absolute atomic E-state index is 0.317. The van der Waals surface area contributed by atoms with Gasteiger partial charge in [-0.1, -0.05) is 20.8 Å². The predicted molar refractivity (Wildman–Crippen MR) is 55.8 cm³/mol. The zero-order valence-electron chi connectivity index (χ0n) is 9.25. The largest absolute Gasteiger partial charge is 0.396 e. The van der Waals surface area contributed by atoms with Crippen LogP contribution in [0.4, 0.5) is 0 Å². The van der Waals surface area contributed by atoms with E-state index < -0.39 is 0 Å². The minimum Gasteiger partial charge on any atom is -0.396 e. The fourth-order valence-electron chi connectivity index (χ4n) is 1.19. The Morgan fingerprint density at radius 2 is 1.85 bits per heavy atom. The molecule has 0 heterocycles. The Balaban J connectivity index is 3.12. The summed E-state index contributed by atoms with van der Waals surface area (Å²) in [6.45, 7) is 8.59. The Morgan fingerprint density at radius 1 is 1.15 bits per heavy atom. The Hall–Kier alpha value is -0.0800. The molecule has 0 unspecified atom stereocenters. The Labute approximate surface area is 82.3 Å². The molecule has 0 amide bonds. The summed E-state index contributed by atoms with van der Waals surface area (Å²) < 4.78 is 5.48. The second-order valence-corrected chi connectivity index (χ2v) is 4.23. The van der Waals surface area contributed by atoms with Gasteiger partial charge in [0.15, 0.2) is 0 Å². The summed E-state index contributed by atoms with van der Waals surface area (Å²) in [5.41, 5.74) is 0. The van der Waals surface area contributed by atoms with E-state index in [1.807, 2.05) is 0 Å². The quantitative estimate of drug-likeness (QED) is 0.593. The van der Waals surface area contributed by atoms with Crippen molar-refractivity contribution < 1.29 is 9.84 Å². The van der Waals surface area contributed by atoms with Crippen molar-refractivity contribution in [1.29, 1.82) is 0 Å². The van der Waals surface area contributed by atoms with Gasteiger partial charge in [-0.05, 0) is 31.1 Å². The molecule has 0 saturated heterocycles. The third kappa shape index (κ3) is 9.84. The second kappa shape index (κ2) is 8.52. The van der Waals surface area contributed by atoms with Gasteiger partial charge in [0.25, 0.3) is 0 Å². The maximum atomic E-state index is 8.63. The summed E-state index contributed by atoms with van der Waals surface area (Å²) in [4.78, 5) is 0. The predicted octanol–water partition coefficient (Wildman–Crippen LogP) is 2.46. The molecule has 0 aliphatic rings. The summed E-state index contributed by atoms with van der Waals surface area (Å²) in [6, 6.07) is 0. The van der Waals surface area contributed by atoms with Crippen LogP contribution in [0.5, 0.6) is 0 Å². The molecule has 0 aromatic heterocycles. The van der Waals surface area contributed by atoms with E-state index >= 15 is 0 Å². The van der Waals surface area contributed by atoms with Crippen molar-refractivity contribution in [3.8, 4) is 0 Å². The van der Waals surface area contributed by atoms with E-state index in [1.165, 1.54) is 0 Å².